The Morgan fingerprint density at radius 3 is 2.61 bits per heavy atom. The lowest BCUT2D eigenvalue weighted by Crippen LogP contribution is -2.43. The van der Waals surface area contributed by atoms with Gasteiger partial charge in [0.2, 0.25) is 0 Å². The summed E-state index contributed by atoms with van der Waals surface area (Å²) in [5.74, 6) is -0.579. The molecule has 0 spiro atoms. The lowest BCUT2D eigenvalue weighted by atomic mass is 10.3. The smallest absolute Gasteiger partial charge is 0.301 e. The van der Waals surface area contributed by atoms with E-state index in [0.29, 0.717) is 26.3 Å². The predicted octanol–water partition coefficient (Wildman–Crippen LogP) is 0.397. The Kier molecular flexibility index (Phi) is 3.69. The van der Waals surface area contributed by atoms with Crippen LogP contribution in [0, 0.1) is 5.82 Å². The lowest BCUT2D eigenvalue weighted by Gasteiger charge is -2.26. The fourth-order valence-electron chi connectivity index (χ4n) is 1.61. The van der Waals surface area contributed by atoms with Crippen molar-refractivity contribution < 1.29 is 17.5 Å². The molecule has 1 aliphatic rings. The summed E-state index contributed by atoms with van der Waals surface area (Å²) < 4.78 is 45.6. The van der Waals surface area contributed by atoms with E-state index in [0.717, 1.165) is 6.07 Å². The predicted molar refractivity (Wildman–Crippen MR) is 65.7 cm³/mol. The Hall–Kier alpha value is -1.38. The first-order chi connectivity index (χ1) is 8.49. The largest absolute Gasteiger partial charge is 0.396 e. The van der Waals surface area contributed by atoms with Crippen LogP contribution in [0.1, 0.15) is 0 Å². The number of anilines is 2. The van der Waals surface area contributed by atoms with Crippen LogP contribution in [0.25, 0.3) is 0 Å². The normalized spacial score (nSPS) is 17.6. The zero-order chi connectivity index (χ0) is 13.2. The molecule has 3 N–H and O–H groups in total. The van der Waals surface area contributed by atoms with Crippen molar-refractivity contribution in [3.8, 4) is 0 Å². The van der Waals surface area contributed by atoms with E-state index in [2.05, 4.69) is 4.72 Å². The van der Waals surface area contributed by atoms with Gasteiger partial charge in [-0.05, 0) is 18.2 Å². The molecular weight excluding hydrogens is 261 g/mol. The van der Waals surface area contributed by atoms with Crippen molar-refractivity contribution in [3.63, 3.8) is 0 Å². The highest BCUT2D eigenvalue weighted by Gasteiger charge is 2.24. The zero-order valence-electron chi connectivity index (χ0n) is 9.60. The standard InChI is InChI=1S/C10H14FN3O3S/c11-9-2-1-8(7-10(9)12)13-18(15,16)14-3-5-17-6-4-14/h1-2,7,13H,3-6,12H2. The molecule has 0 radical (unpaired) electrons. The van der Waals surface area contributed by atoms with Gasteiger partial charge in [0.15, 0.2) is 0 Å². The molecule has 1 aliphatic heterocycles. The topological polar surface area (TPSA) is 84.7 Å². The second kappa shape index (κ2) is 5.09. The van der Waals surface area contributed by atoms with Gasteiger partial charge in [-0.1, -0.05) is 0 Å². The van der Waals surface area contributed by atoms with Crippen molar-refractivity contribution >= 4 is 21.6 Å². The Morgan fingerprint density at radius 2 is 2.00 bits per heavy atom. The minimum absolute atomic E-state index is 0.0998. The molecule has 1 fully saturated rings. The van der Waals surface area contributed by atoms with Crippen LogP contribution in [0.3, 0.4) is 0 Å². The van der Waals surface area contributed by atoms with Crippen molar-refractivity contribution in [1.29, 1.82) is 0 Å². The second-order valence-corrected chi connectivity index (χ2v) is 5.53. The van der Waals surface area contributed by atoms with Gasteiger partial charge in [-0.2, -0.15) is 12.7 Å². The number of morpholine rings is 1. The average molecular weight is 275 g/mol. The number of nitrogens with two attached hydrogens (primary N) is 1. The van der Waals surface area contributed by atoms with E-state index < -0.39 is 16.0 Å². The Bertz CT molecular complexity index is 529. The number of halogens is 1. The van der Waals surface area contributed by atoms with E-state index in [9.17, 15) is 12.8 Å². The molecule has 0 unspecified atom stereocenters. The summed E-state index contributed by atoms with van der Waals surface area (Å²) in [6.07, 6.45) is 0. The maximum atomic E-state index is 13.0. The molecule has 0 aliphatic carbocycles. The van der Waals surface area contributed by atoms with Gasteiger partial charge in [0.1, 0.15) is 5.82 Å². The fraction of sp³-hybridized carbons (Fsp3) is 0.400. The van der Waals surface area contributed by atoms with E-state index in [1.807, 2.05) is 0 Å². The van der Waals surface area contributed by atoms with Gasteiger partial charge in [-0.25, -0.2) is 4.39 Å². The third-order valence-electron chi connectivity index (χ3n) is 2.55. The molecule has 0 aromatic heterocycles. The first-order valence-electron chi connectivity index (χ1n) is 5.40. The third kappa shape index (κ3) is 2.89. The summed E-state index contributed by atoms with van der Waals surface area (Å²) in [4.78, 5) is 0. The first-order valence-corrected chi connectivity index (χ1v) is 6.84. The molecule has 18 heavy (non-hydrogen) atoms. The highest BCUT2D eigenvalue weighted by atomic mass is 32.2. The van der Waals surface area contributed by atoms with Crippen molar-refractivity contribution in [1.82, 2.24) is 4.31 Å². The Morgan fingerprint density at radius 1 is 1.33 bits per heavy atom. The number of hydrogen-bond donors (Lipinski definition) is 2. The monoisotopic (exact) mass is 275 g/mol. The minimum Gasteiger partial charge on any atom is -0.396 e. The van der Waals surface area contributed by atoms with Crippen LogP contribution >= 0.6 is 0 Å². The summed E-state index contributed by atoms with van der Waals surface area (Å²) in [6, 6.07) is 3.68. The number of benzene rings is 1. The number of ether oxygens (including phenoxy) is 1. The van der Waals surface area contributed by atoms with E-state index in [1.54, 1.807) is 0 Å². The first kappa shape index (κ1) is 13.1. The highest BCUT2D eigenvalue weighted by Crippen LogP contribution is 2.18. The van der Waals surface area contributed by atoms with Crippen molar-refractivity contribution in [2.24, 2.45) is 0 Å². The molecule has 8 heteroatoms. The summed E-state index contributed by atoms with van der Waals surface area (Å²) >= 11 is 0. The third-order valence-corrected chi connectivity index (χ3v) is 4.09. The van der Waals surface area contributed by atoms with Crippen molar-refractivity contribution in [2.45, 2.75) is 0 Å². The summed E-state index contributed by atoms with van der Waals surface area (Å²) in [6.45, 7) is 1.33. The van der Waals surface area contributed by atoms with Crippen LogP contribution < -0.4 is 10.5 Å². The summed E-state index contributed by atoms with van der Waals surface area (Å²) in [5, 5.41) is 0. The maximum absolute atomic E-state index is 13.0. The molecule has 1 aromatic carbocycles. The number of nitrogens with one attached hydrogen (secondary N) is 1. The zero-order valence-corrected chi connectivity index (χ0v) is 10.4. The Balaban J connectivity index is 2.13. The highest BCUT2D eigenvalue weighted by molar-refractivity contribution is 7.90. The maximum Gasteiger partial charge on any atom is 0.301 e. The summed E-state index contributed by atoms with van der Waals surface area (Å²) in [5.41, 5.74) is 5.51. The van der Waals surface area contributed by atoms with E-state index in [-0.39, 0.29) is 11.4 Å². The van der Waals surface area contributed by atoms with Crippen LogP contribution in [-0.2, 0) is 14.9 Å². The van der Waals surface area contributed by atoms with Crippen LogP contribution in [0.4, 0.5) is 15.8 Å². The average Bonchev–Trinajstić information content (AvgIpc) is 2.35. The van der Waals surface area contributed by atoms with Gasteiger partial charge in [-0.3, -0.25) is 4.72 Å². The number of hydrogen-bond acceptors (Lipinski definition) is 4. The van der Waals surface area contributed by atoms with Gasteiger partial charge in [-0.15, -0.1) is 0 Å². The Labute approximate surface area is 105 Å². The van der Waals surface area contributed by atoms with E-state index in [4.69, 9.17) is 10.5 Å². The number of nitrogens with zero attached hydrogens (tertiary/aromatic N) is 1. The molecule has 0 saturated carbocycles. The van der Waals surface area contributed by atoms with E-state index in [1.165, 1.54) is 16.4 Å². The lowest BCUT2D eigenvalue weighted by molar-refractivity contribution is 0.0733. The van der Waals surface area contributed by atoms with Crippen LogP contribution in [0.2, 0.25) is 0 Å². The van der Waals surface area contributed by atoms with Crippen molar-refractivity contribution in [2.75, 3.05) is 36.8 Å². The molecule has 6 nitrogen and oxygen atoms in total. The quantitative estimate of drug-likeness (QED) is 0.782. The molecule has 1 aromatic rings. The van der Waals surface area contributed by atoms with Gasteiger partial charge >= 0.3 is 10.2 Å². The van der Waals surface area contributed by atoms with Gasteiger partial charge in [0.05, 0.1) is 24.6 Å². The van der Waals surface area contributed by atoms with E-state index >= 15 is 0 Å². The molecule has 100 valence electrons. The molecule has 0 bridgehead atoms. The second-order valence-electron chi connectivity index (χ2n) is 3.85. The van der Waals surface area contributed by atoms with Crippen molar-refractivity contribution in [3.05, 3.63) is 24.0 Å². The molecule has 0 amide bonds. The van der Waals surface area contributed by atoms with Gasteiger partial charge < -0.3 is 10.5 Å². The van der Waals surface area contributed by atoms with Crippen LogP contribution in [0.15, 0.2) is 18.2 Å². The number of rotatable bonds is 3. The SMILES string of the molecule is Nc1cc(NS(=O)(=O)N2CCOCC2)ccc1F. The summed E-state index contributed by atoms with van der Waals surface area (Å²) in [7, 11) is -3.64. The van der Waals surface area contributed by atoms with Crippen LogP contribution in [-0.4, -0.2) is 39.0 Å². The molecule has 0 atom stereocenters. The molecular formula is C10H14FN3O3S. The van der Waals surface area contributed by atoms with Crippen LogP contribution in [0.5, 0.6) is 0 Å². The molecule has 1 heterocycles. The molecule has 1 saturated heterocycles. The van der Waals surface area contributed by atoms with Gasteiger partial charge in [0, 0.05) is 13.1 Å². The minimum atomic E-state index is -3.64. The fourth-order valence-corrected chi connectivity index (χ4v) is 2.79. The van der Waals surface area contributed by atoms with Gasteiger partial charge in [0.25, 0.3) is 0 Å². The molecule has 2 rings (SSSR count). The number of nitrogen functional groups attached to an aromatic ring is 1.